The van der Waals surface area contributed by atoms with Gasteiger partial charge in [-0.3, -0.25) is 4.79 Å². The highest BCUT2D eigenvalue weighted by molar-refractivity contribution is 7.88. The predicted octanol–water partition coefficient (Wildman–Crippen LogP) is 2.46. The molecule has 2 N–H and O–H groups in total. The number of anilines is 2. The molecule has 2 aromatic rings. The molecule has 0 saturated carbocycles. The zero-order valence-electron chi connectivity index (χ0n) is 14.0. The van der Waals surface area contributed by atoms with E-state index in [9.17, 15) is 13.2 Å². The number of carbonyl (C=O) groups is 1. The number of rotatable bonds is 7. The van der Waals surface area contributed by atoms with Crippen LogP contribution in [0.3, 0.4) is 0 Å². The van der Waals surface area contributed by atoms with E-state index in [-0.39, 0.29) is 12.3 Å². The fourth-order valence-electron chi connectivity index (χ4n) is 2.09. The smallest absolute Gasteiger partial charge is 0.239 e. The maximum absolute atomic E-state index is 12.1. The highest BCUT2D eigenvalue weighted by Gasteiger charge is 2.15. The first-order valence-electron chi connectivity index (χ1n) is 7.55. The molecule has 2 aromatic carbocycles. The van der Waals surface area contributed by atoms with E-state index in [0.717, 1.165) is 5.69 Å². The summed E-state index contributed by atoms with van der Waals surface area (Å²) < 4.78 is 26.4. The average molecular weight is 382 g/mol. The molecule has 0 atom stereocenters. The largest absolute Gasteiger partial charge is 0.378 e. The van der Waals surface area contributed by atoms with E-state index in [4.69, 9.17) is 11.6 Å². The highest BCUT2D eigenvalue weighted by atomic mass is 35.5. The van der Waals surface area contributed by atoms with Gasteiger partial charge in [0.15, 0.2) is 0 Å². The van der Waals surface area contributed by atoms with Gasteiger partial charge >= 0.3 is 0 Å². The number of amides is 1. The van der Waals surface area contributed by atoms with Crippen LogP contribution in [0.2, 0.25) is 5.02 Å². The number of sulfonamides is 1. The Morgan fingerprint density at radius 1 is 1.08 bits per heavy atom. The lowest BCUT2D eigenvalue weighted by molar-refractivity contribution is -0.115. The van der Waals surface area contributed by atoms with Crippen molar-refractivity contribution < 1.29 is 13.2 Å². The molecular weight excluding hydrogens is 362 g/mol. The van der Waals surface area contributed by atoms with Crippen LogP contribution in [0.4, 0.5) is 11.4 Å². The summed E-state index contributed by atoms with van der Waals surface area (Å²) in [5, 5.41) is 3.02. The Morgan fingerprint density at radius 2 is 1.72 bits per heavy atom. The number of hydrogen-bond acceptors (Lipinski definition) is 4. The molecule has 8 heteroatoms. The minimum absolute atomic E-state index is 0.280. The first-order chi connectivity index (χ1) is 11.8. The normalized spacial score (nSPS) is 11.2. The summed E-state index contributed by atoms with van der Waals surface area (Å²) in [5.74, 6) is -0.724. The van der Waals surface area contributed by atoms with Crippen molar-refractivity contribution in [3.05, 3.63) is 59.1 Å². The molecule has 1 amide bonds. The van der Waals surface area contributed by atoms with E-state index in [1.54, 1.807) is 36.4 Å². The number of benzene rings is 2. The average Bonchev–Trinajstić information content (AvgIpc) is 2.56. The summed E-state index contributed by atoms with van der Waals surface area (Å²) in [6.45, 7) is -0.345. The third-order valence-electron chi connectivity index (χ3n) is 3.42. The van der Waals surface area contributed by atoms with Gasteiger partial charge in [0.25, 0.3) is 0 Å². The molecule has 0 radical (unpaired) electrons. The second-order valence-electron chi connectivity index (χ2n) is 5.66. The Kier molecular flexibility index (Phi) is 6.41. The van der Waals surface area contributed by atoms with Crippen molar-refractivity contribution in [2.45, 2.75) is 5.75 Å². The summed E-state index contributed by atoms with van der Waals surface area (Å²) in [7, 11) is 0.172. The third-order valence-corrected chi connectivity index (χ3v) is 5.07. The van der Waals surface area contributed by atoms with Crippen molar-refractivity contribution in [1.29, 1.82) is 0 Å². The van der Waals surface area contributed by atoms with Crippen LogP contribution >= 0.6 is 11.6 Å². The van der Waals surface area contributed by atoms with Crippen LogP contribution in [0.1, 0.15) is 5.56 Å². The second kappa shape index (κ2) is 8.33. The fourth-order valence-corrected chi connectivity index (χ4v) is 3.49. The Morgan fingerprint density at radius 3 is 2.32 bits per heavy atom. The molecule has 0 aliphatic heterocycles. The van der Waals surface area contributed by atoms with Gasteiger partial charge in [0, 0.05) is 30.5 Å². The fraction of sp³-hybridized carbons (Fsp3) is 0.235. The molecule has 6 nitrogen and oxygen atoms in total. The minimum Gasteiger partial charge on any atom is -0.378 e. The molecule has 0 unspecified atom stereocenters. The van der Waals surface area contributed by atoms with Gasteiger partial charge < -0.3 is 10.2 Å². The van der Waals surface area contributed by atoms with E-state index in [2.05, 4.69) is 10.0 Å². The first kappa shape index (κ1) is 19.2. The molecule has 0 heterocycles. The van der Waals surface area contributed by atoms with Crippen LogP contribution in [0, 0.1) is 0 Å². The van der Waals surface area contributed by atoms with Crippen LogP contribution < -0.4 is 14.9 Å². The van der Waals surface area contributed by atoms with Crippen molar-refractivity contribution in [3.63, 3.8) is 0 Å². The predicted molar refractivity (Wildman–Crippen MR) is 101 cm³/mol. The van der Waals surface area contributed by atoms with Crippen LogP contribution in [-0.4, -0.2) is 35.0 Å². The number of halogens is 1. The quantitative estimate of drug-likeness (QED) is 0.772. The zero-order chi connectivity index (χ0) is 18.4. The standard InChI is InChI=1S/C17H20ClN3O3S/c1-21(2)15-9-7-14(8-10-15)20-17(22)11-19-25(23,24)12-13-5-3-4-6-16(13)18/h3-10,19H,11-12H2,1-2H3,(H,20,22). The van der Waals surface area contributed by atoms with Crippen LogP contribution in [0.5, 0.6) is 0 Å². The summed E-state index contributed by atoms with van der Waals surface area (Å²) in [5.41, 5.74) is 2.08. The van der Waals surface area contributed by atoms with E-state index in [1.807, 2.05) is 31.1 Å². The number of nitrogens with one attached hydrogen (secondary N) is 2. The SMILES string of the molecule is CN(C)c1ccc(NC(=O)CNS(=O)(=O)Cc2ccccc2Cl)cc1. The topological polar surface area (TPSA) is 78.5 Å². The van der Waals surface area contributed by atoms with Gasteiger partial charge in [0.05, 0.1) is 12.3 Å². The molecule has 0 aliphatic carbocycles. The monoisotopic (exact) mass is 381 g/mol. The third kappa shape index (κ3) is 6.04. The van der Waals surface area contributed by atoms with Crippen LogP contribution in [0.15, 0.2) is 48.5 Å². The molecule has 134 valence electrons. The maximum atomic E-state index is 12.1. The number of hydrogen-bond donors (Lipinski definition) is 2. The summed E-state index contributed by atoms with van der Waals surface area (Å²) in [4.78, 5) is 13.9. The van der Waals surface area contributed by atoms with Crippen molar-refractivity contribution in [1.82, 2.24) is 4.72 Å². The van der Waals surface area contributed by atoms with E-state index in [0.29, 0.717) is 16.3 Å². The van der Waals surface area contributed by atoms with Gasteiger partial charge in [0.2, 0.25) is 15.9 Å². The number of nitrogens with zero attached hydrogens (tertiary/aromatic N) is 1. The lowest BCUT2D eigenvalue weighted by Crippen LogP contribution is -2.33. The van der Waals surface area contributed by atoms with Crippen molar-refractivity contribution in [2.75, 3.05) is 30.9 Å². The summed E-state index contributed by atoms with van der Waals surface area (Å²) >= 11 is 5.96. The van der Waals surface area contributed by atoms with Gasteiger partial charge in [-0.2, -0.15) is 0 Å². The van der Waals surface area contributed by atoms with Crippen LogP contribution in [0.25, 0.3) is 0 Å². The van der Waals surface area contributed by atoms with Gasteiger partial charge in [-0.05, 0) is 35.9 Å². The molecule has 0 bridgehead atoms. The molecule has 0 fully saturated rings. The summed E-state index contributed by atoms with van der Waals surface area (Å²) in [6, 6.07) is 13.9. The molecule has 0 aliphatic rings. The Labute approximate surface area is 152 Å². The molecule has 0 aromatic heterocycles. The first-order valence-corrected chi connectivity index (χ1v) is 9.58. The van der Waals surface area contributed by atoms with Crippen molar-refractivity contribution in [3.8, 4) is 0 Å². The summed E-state index contributed by atoms with van der Waals surface area (Å²) in [6.07, 6.45) is 0. The Balaban J connectivity index is 1.89. The molecular formula is C17H20ClN3O3S. The minimum atomic E-state index is -3.66. The van der Waals surface area contributed by atoms with Gasteiger partial charge in [-0.15, -0.1) is 0 Å². The molecule has 0 spiro atoms. The maximum Gasteiger partial charge on any atom is 0.239 e. The van der Waals surface area contributed by atoms with E-state index in [1.165, 1.54) is 0 Å². The zero-order valence-corrected chi connectivity index (χ0v) is 15.6. The van der Waals surface area contributed by atoms with Crippen molar-refractivity contribution >= 4 is 38.9 Å². The molecule has 2 rings (SSSR count). The van der Waals surface area contributed by atoms with E-state index < -0.39 is 15.9 Å². The van der Waals surface area contributed by atoms with Gasteiger partial charge in [-0.1, -0.05) is 29.8 Å². The van der Waals surface area contributed by atoms with Crippen LogP contribution in [-0.2, 0) is 20.6 Å². The Bertz CT molecular complexity index is 836. The van der Waals surface area contributed by atoms with Crippen molar-refractivity contribution in [2.24, 2.45) is 0 Å². The highest BCUT2D eigenvalue weighted by Crippen LogP contribution is 2.17. The Hall–Kier alpha value is -2.09. The molecule has 0 saturated heterocycles. The lowest BCUT2D eigenvalue weighted by Gasteiger charge is -2.13. The molecule has 25 heavy (non-hydrogen) atoms. The lowest BCUT2D eigenvalue weighted by atomic mass is 10.2. The van der Waals surface area contributed by atoms with E-state index >= 15 is 0 Å². The van der Waals surface area contributed by atoms with Gasteiger partial charge in [0.1, 0.15) is 0 Å². The number of carbonyl (C=O) groups excluding carboxylic acids is 1. The second-order valence-corrected chi connectivity index (χ2v) is 7.88. The van der Waals surface area contributed by atoms with Gasteiger partial charge in [-0.25, -0.2) is 13.1 Å².